The zero-order valence-electron chi connectivity index (χ0n) is 12.1. The van der Waals surface area contributed by atoms with Gasteiger partial charge >= 0.3 is 0 Å². The van der Waals surface area contributed by atoms with Gasteiger partial charge in [0.2, 0.25) is 5.91 Å². The van der Waals surface area contributed by atoms with Crippen molar-refractivity contribution in [1.29, 1.82) is 0 Å². The molecule has 0 saturated carbocycles. The van der Waals surface area contributed by atoms with Gasteiger partial charge in [-0.3, -0.25) is 4.79 Å². The second kappa shape index (κ2) is 7.21. The molecular formula is C12H25N3O3S. The number of sulfone groups is 1. The molecule has 0 aromatic rings. The molecule has 0 aromatic carbocycles. The molecule has 1 atom stereocenters. The molecule has 1 heterocycles. The first-order valence-corrected chi connectivity index (χ1v) is 8.45. The van der Waals surface area contributed by atoms with Crippen molar-refractivity contribution >= 4 is 15.7 Å². The lowest BCUT2D eigenvalue weighted by atomic mass is 10.2. The second-order valence-corrected chi connectivity index (χ2v) is 7.62. The first kappa shape index (κ1) is 16.4. The molecule has 6 nitrogen and oxygen atoms in total. The van der Waals surface area contributed by atoms with Crippen LogP contribution in [0.3, 0.4) is 0 Å². The third-order valence-corrected chi connectivity index (χ3v) is 5.13. The molecular weight excluding hydrogens is 266 g/mol. The number of hydrogen-bond acceptors (Lipinski definition) is 5. The third kappa shape index (κ3) is 5.88. The normalized spacial score (nSPS) is 21.8. The number of rotatable bonds is 7. The molecule has 7 heteroatoms. The van der Waals surface area contributed by atoms with Gasteiger partial charge in [-0.25, -0.2) is 8.42 Å². The van der Waals surface area contributed by atoms with Crippen LogP contribution in [-0.2, 0) is 14.6 Å². The van der Waals surface area contributed by atoms with E-state index < -0.39 is 9.84 Å². The van der Waals surface area contributed by atoms with Crippen LogP contribution in [0, 0.1) is 0 Å². The first-order chi connectivity index (χ1) is 8.82. The number of nitrogens with zero attached hydrogens (tertiary/aromatic N) is 2. The fraction of sp³-hybridized carbons (Fsp3) is 0.917. The highest BCUT2D eigenvalue weighted by atomic mass is 32.2. The Balaban J connectivity index is 2.22. The maximum atomic E-state index is 11.9. The highest BCUT2D eigenvalue weighted by molar-refractivity contribution is 7.91. The number of likely N-dealkylation sites (N-methyl/N-ethyl adjacent to an activating group) is 1. The molecule has 1 unspecified atom stereocenters. The summed E-state index contributed by atoms with van der Waals surface area (Å²) in [6, 6.07) is -0.152. The smallest absolute Gasteiger partial charge is 0.236 e. The molecule has 1 fully saturated rings. The van der Waals surface area contributed by atoms with Gasteiger partial charge in [-0.05, 0) is 40.0 Å². The van der Waals surface area contributed by atoms with Crippen LogP contribution in [0.4, 0.5) is 0 Å². The topological polar surface area (TPSA) is 69.7 Å². The molecule has 1 amide bonds. The van der Waals surface area contributed by atoms with Gasteiger partial charge in [-0.1, -0.05) is 0 Å². The molecule has 19 heavy (non-hydrogen) atoms. The van der Waals surface area contributed by atoms with E-state index >= 15 is 0 Å². The van der Waals surface area contributed by atoms with Crippen LogP contribution in [-0.4, -0.2) is 82.4 Å². The summed E-state index contributed by atoms with van der Waals surface area (Å²) in [6.45, 7) is 2.05. The van der Waals surface area contributed by atoms with E-state index in [4.69, 9.17) is 0 Å². The van der Waals surface area contributed by atoms with Gasteiger partial charge in [-0.15, -0.1) is 0 Å². The molecule has 0 spiro atoms. The largest absolute Gasteiger partial charge is 0.341 e. The molecule has 0 aromatic heterocycles. The van der Waals surface area contributed by atoms with Crippen molar-refractivity contribution in [2.75, 3.05) is 52.3 Å². The van der Waals surface area contributed by atoms with Gasteiger partial charge in [-0.2, -0.15) is 0 Å². The quantitative estimate of drug-likeness (QED) is 0.620. The Morgan fingerprint density at radius 3 is 2.53 bits per heavy atom. The van der Waals surface area contributed by atoms with Crippen molar-refractivity contribution in [1.82, 2.24) is 15.1 Å². The van der Waals surface area contributed by atoms with Crippen molar-refractivity contribution in [2.24, 2.45) is 0 Å². The summed E-state index contributed by atoms with van der Waals surface area (Å²) in [7, 11) is 2.78. The van der Waals surface area contributed by atoms with E-state index in [1.165, 1.54) is 0 Å². The summed E-state index contributed by atoms with van der Waals surface area (Å²) in [4.78, 5) is 15.6. The van der Waals surface area contributed by atoms with Gasteiger partial charge in [0.25, 0.3) is 0 Å². The summed E-state index contributed by atoms with van der Waals surface area (Å²) < 4.78 is 22.7. The van der Waals surface area contributed by atoms with Crippen molar-refractivity contribution < 1.29 is 13.2 Å². The van der Waals surface area contributed by atoms with E-state index in [1.54, 1.807) is 11.9 Å². The minimum atomic E-state index is -2.93. The van der Waals surface area contributed by atoms with Gasteiger partial charge in [0.05, 0.1) is 18.1 Å². The molecule has 1 saturated heterocycles. The maximum Gasteiger partial charge on any atom is 0.236 e. The van der Waals surface area contributed by atoms with E-state index in [0.29, 0.717) is 6.42 Å². The predicted molar refractivity (Wildman–Crippen MR) is 75.9 cm³/mol. The van der Waals surface area contributed by atoms with Crippen LogP contribution in [0.15, 0.2) is 0 Å². The Morgan fingerprint density at radius 1 is 1.32 bits per heavy atom. The summed E-state index contributed by atoms with van der Waals surface area (Å²) in [5.41, 5.74) is 0. The van der Waals surface area contributed by atoms with Crippen molar-refractivity contribution in [3.63, 3.8) is 0 Å². The van der Waals surface area contributed by atoms with Crippen LogP contribution < -0.4 is 5.32 Å². The van der Waals surface area contributed by atoms with Gasteiger partial charge in [0.1, 0.15) is 0 Å². The maximum absolute atomic E-state index is 11.9. The third-order valence-electron chi connectivity index (χ3n) is 3.38. The van der Waals surface area contributed by atoms with Crippen molar-refractivity contribution in [2.45, 2.75) is 18.9 Å². The lowest BCUT2D eigenvalue weighted by Gasteiger charge is -2.23. The van der Waals surface area contributed by atoms with Gasteiger partial charge in [0, 0.05) is 13.1 Å². The monoisotopic (exact) mass is 291 g/mol. The Hall–Kier alpha value is -0.660. The number of carbonyl (C=O) groups is 1. The highest BCUT2D eigenvalue weighted by Gasteiger charge is 2.32. The summed E-state index contributed by atoms with van der Waals surface area (Å²) in [5.74, 6) is 0.272. The fourth-order valence-electron chi connectivity index (χ4n) is 2.12. The average Bonchev–Trinajstić information content (AvgIpc) is 2.67. The molecule has 0 bridgehead atoms. The van der Waals surface area contributed by atoms with Gasteiger partial charge < -0.3 is 15.1 Å². The van der Waals surface area contributed by atoms with Gasteiger partial charge in [0.15, 0.2) is 9.84 Å². The molecule has 1 rings (SSSR count). The molecule has 112 valence electrons. The Bertz CT molecular complexity index is 395. The van der Waals surface area contributed by atoms with E-state index in [0.717, 1.165) is 19.5 Å². The first-order valence-electron chi connectivity index (χ1n) is 6.63. The van der Waals surface area contributed by atoms with E-state index in [2.05, 4.69) is 10.2 Å². The lowest BCUT2D eigenvalue weighted by Crippen LogP contribution is -2.42. The Kier molecular flexibility index (Phi) is 6.22. The Morgan fingerprint density at radius 2 is 2.00 bits per heavy atom. The molecule has 1 aliphatic rings. The number of amides is 1. The molecule has 0 aliphatic carbocycles. The summed E-state index contributed by atoms with van der Waals surface area (Å²) >= 11 is 0. The number of hydrogen-bond donors (Lipinski definition) is 1. The molecule has 0 radical (unpaired) electrons. The number of carbonyl (C=O) groups excluding carboxylic acids is 1. The zero-order valence-corrected chi connectivity index (χ0v) is 12.9. The second-order valence-electron chi connectivity index (χ2n) is 5.40. The standard InChI is InChI=1S/C12H25N3O3S/c1-14(2)7-4-6-13-9-12(16)15(3)11-5-8-19(17,18)10-11/h11,13H,4-10H2,1-3H3. The summed E-state index contributed by atoms with van der Waals surface area (Å²) in [6.07, 6.45) is 1.55. The SMILES string of the molecule is CN(C)CCCNCC(=O)N(C)C1CCS(=O)(=O)C1. The van der Waals surface area contributed by atoms with Crippen LogP contribution in [0.25, 0.3) is 0 Å². The van der Waals surface area contributed by atoms with Crippen LogP contribution >= 0.6 is 0 Å². The average molecular weight is 291 g/mol. The van der Waals surface area contributed by atoms with E-state index in [-0.39, 0.29) is 30.0 Å². The Labute approximate surface area is 116 Å². The van der Waals surface area contributed by atoms with E-state index in [1.807, 2.05) is 14.1 Å². The fourth-order valence-corrected chi connectivity index (χ4v) is 3.90. The predicted octanol–water partition coefficient (Wildman–Crippen LogP) is -0.827. The number of nitrogens with one attached hydrogen (secondary N) is 1. The van der Waals surface area contributed by atoms with Crippen molar-refractivity contribution in [3.8, 4) is 0 Å². The molecule has 1 N–H and O–H groups in total. The van der Waals surface area contributed by atoms with E-state index in [9.17, 15) is 13.2 Å². The lowest BCUT2D eigenvalue weighted by molar-refractivity contribution is -0.130. The highest BCUT2D eigenvalue weighted by Crippen LogP contribution is 2.16. The minimum absolute atomic E-state index is 0.0352. The minimum Gasteiger partial charge on any atom is -0.341 e. The van der Waals surface area contributed by atoms with Crippen LogP contribution in [0.5, 0.6) is 0 Å². The van der Waals surface area contributed by atoms with Crippen LogP contribution in [0.1, 0.15) is 12.8 Å². The zero-order chi connectivity index (χ0) is 14.5. The van der Waals surface area contributed by atoms with Crippen molar-refractivity contribution in [3.05, 3.63) is 0 Å². The van der Waals surface area contributed by atoms with Crippen LogP contribution in [0.2, 0.25) is 0 Å². The summed E-state index contributed by atoms with van der Waals surface area (Å²) in [5, 5.41) is 3.10. The molecule has 1 aliphatic heterocycles.